The van der Waals surface area contributed by atoms with E-state index in [1.807, 2.05) is 41.1 Å². The summed E-state index contributed by atoms with van der Waals surface area (Å²) < 4.78 is 11.8. The second-order valence-electron chi connectivity index (χ2n) is 6.45. The molecule has 0 saturated heterocycles. The minimum Gasteiger partial charge on any atom is -0.454 e. The van der Waals surface area contributed by atoms with Crippen LogP contribution in [0, 0.1) is 0 Å². The SMILES string of the molecule is O=C(CCc1ccc2c(c1)OCO2)Nn1cnc2scc(-c3cccs3)c2c1=O. The molecule has 1 amide bonds. The van der Waals surface area contributed by atoms with Crippen molar-refractivity contribution in [1.82, 2.24) is 9.66 Å². The smallest absolute Gasteiger partial charge is 0.281 e. The highest BCUT2D eigenvalue weighted by molar-refractivity contribution is 7.18. The molecule has 1 aliphatic rings. The highest BCUT2D eigenvalue weighted by Crippen LogP contribution is 2.34. The van der Waals surface area contributed by atoms with Gasteiger partial charge >= 0.3 is 0 Å². The zero-order chi connectivity index (χ0) is 19.8. The quantitative estimate of drug-likeness (QED) is 0.528. The maximum atomic E-state index is 12.9. The highest BCUT2D eigenvalue weighted by atomic mass is 32.1. The number of benzene rings is 1. The number of aromatic nitrogens is 2. The third-order valence-corrected chi connectivity index (χ3v) is 6.39. The van der Waals surface area contributed by atoms with Crippen molar-refractivity contribution in [1.29, 1.82) is 0 Å². The lowest BCUT2D eigenvalue weighted by molar-refractivity contribution is -0.117. The Hall–Kier alpha value is -3.17. The van der Waals surface area contributed by atoms with Gasteiger partial charge < -0.3 is 9.47 Å². The molecule has 1 aliphatic heterocycles. The summed E-state index contributed by atoms with van der Waals surface area (Å²) in [5, 5.41) is 4.42. The van der Waals surface area contributed by atoms with Gasteiger partial charge in [0, 0.05) is 22.2 Å². The number of hydrogen-bond acceptors (Lipinski definition) is 7. The van der Waals surface area contributed by atoms with Crippen molar-refractivity contribution in [2.45, 2.75) is 12.8 Å². The molecule has 0 fully saturated rings. The second-order valence-corrected chi connectivity index (χ2v) is 8.25. The van der Waals surface area contributed by atoms with Crippen molar-refractivity contribution >= 4 is 38.8 Å². The minimum absolute atomic E-state index is 0.216. The van der Waals surface area contributed by atoms with E-state index in [9.17, 15) is 9.59 Å². The predicted octanol–water partition coefficient (Wildman–Crippen LogP) is 3.62. The van der Waals surface area contributed by atoms with E-state index >= 15 is 0 Å². The van der Waals surface area contributed by atoms with Crippen LogP contribution in [-0.4, -0.2) is 22.4 Å². The lowest BCUT2D eigenvalue weighted by atomic mass is 10.1. The Bertz CT molecular complexity index is 1260. The molecular formula is C20H15N3O4S2. The Kier molecular flexibility index (Phi) is 4.53. The van der Waals surface area contributed by atoms with E-state index in [0.29, 0.717) is 28.1 Å². The average molecular weight is 425 g/mol. The first-order valence-electron chi connectivity index (χ1n) is 8.90. The number of thiophene rings is 2. The Morgan fingerprint density at radius 2 is 2.10 bits per heavy atom. The first kappa shape index (κ1) is 17.9. The molecule has 0 radical (unpaired) electrons. The number of amides is 1. The molecule has 7 nitrogen and oxygen atoms in total. The largest absolute Gasteiger partial charge is 0.454 e. The van der Waals surface area contributed by atoms with Gasteiger partial charge in [-0.2, -0.15) is 0 Å². The molecule has 3 aromatic heterocycles. The molecule has 1 N–H and O–H groups in total. The summed E-state index contributed by atoms with van der Waals surface area (Å²) in [6, 6.07) is 9.51. The number of nitrogens with zero attached hydrogens (tertiary/aromatic N) is 2. The molecule has 4 aromatic rings. The Labute approximate surface area is 173 Å². The molecule has 146 valence electrons. The summed E-state index contributed by atoms with van der Waals surface area (Å²) in [6.45, 7) is 0.216. The van der Waals surface area contributed by atoms with E-state index < -0.39 is 0 Å². The van der Waals surface area contributed by atoms with Crippen LogP contribution in [0.1, 0.15) is 12.0 Å². The number of carbonyl (C=O) groups excluding carboxylic acids is 1. The van der Waals surface area contributed by atoms with Crippen molar-refractivity contribution in [2.24, 2.45) is 0 Å². The van der Waals surface area contributed by atoms with Crippen LogP contribution in [0.25, 0.3) is 20.7 Å². The van der Waals surface area contributed by atoms with E-state index in [1.165, 1.54) is 17.7 Å². The van der Waals surface area contributed by atoms with Crippen molar-refractivity contribution in [3.8, 4) is 21.9 Å². The number of hydrogen-bond donors (Lipinski definition) is 1. The van der Waals surface area contributed by atoms with Gasteiger partial charge in [-0.15, -0.1) is 22.7 Å². The summed E-state index contributed by atoms with van der Waals surface area (Å²) in [4.78, 5) is 31.3. The fourth-order valence-corrected chi connectivity index (χ4v) is 4.89. The van der Waals surface area contributed by atoms with Crippen LogP contribution in [0.4, 0.5) is 0 Å². The number of aryl methyl sites for hydroxylation is 1. The van der Waals surface area contributed by atoms with Gasteiger partial charge in [0.2, 0.25) is 12.7 Å². The van der Waals surface area contributed by atoms with Gasteiger partial charge in [0.25, 0.3) is 5.56 Å². The van der Waals surface area contributed by atoms with Gasteiger partial charge in [-0.05, 0) is 35.6 Å². The third-order valence-electron chi connectivity index (χ3n) is 4.60. The van der Waals surface area contributed by atoms with Crippen molar-refractivity contribution < 1.29 is 14.3 Å². The number of carbonyl (C=O) groups is 1. The molecule has 0 atom stereocenters. The first-order valence-corrected chi connectivity index (χ1v) is 10.7. The van der Waals surface area contributed by atoms with Crippen molar-refractivity contribution in [3.05, 3.63) is 63.3 Å². The van der Waals surface area contributed by atoms with E-state index in [1.54, 1.807) is 11.3 Å². The van der Waals surface area contributed by atoms with Gasteiger partial charge in [-0.1, -0.05) is 12.1 Å². The number of ether oxygens (including phenoxy) is 2. The van der Waals surface area contributed by atoms with E-state index in [-0.39, 0.29) is 24.7 Å². The van der Waals surface area contributed by atoms with E-state index in [4.69, 9.17) is 9.47 Å². The maximum Gasteiger partial charge on any atom is 0.281 e. The number of nitrogens with one attached hydrogen (secondary N) is 1. The topological polar surface area (TPSA) is 82.4 Å². The molecule has 5 rings (SSSR count). The Morgan fingerprint density at radius 1 is 1.21 bits per heavy atom. The zero-order valence-corrected chi connectivity index (χ0v) is 16.7. The first-order chi connectivity index (χ1) is 14.2. The Morgan fingerprint density at radius 3 is 2.97 bits per heavy atom. The van der Waals surface area contributed by atoms with Crippen LogP contribution in [0.3, 0.4) is 0 Å². The summed E-state index contributed by atoms with van der Waals surface area (Å²) in [5.74, 6) is 1.13. The van der Waals surface area contributed by atoms with Gasteiger partial charge in [0.05, 0.1) is 5.39 Å². The van der Waals surface area contributed by atoms with Crippen molar-refractivity contribution in [3.63, 3.8) is 0 Å². The van der Waals surface area contributed by atoms with Crippen LogP contribution < -0.4 is 20.5 Å². The van der Waals surface area contributed by atoms with Gasteiger partial charge in [0.15, 0.2) is 11.5 Å². The molecule has 29 heavy (non-hydrogen) atoms. The van der Waals surface area contributed by atoms with Crippen LogP contribution in [0.5, 0.6) is 11.5 Å². The lowest BCUT2D eigenvalue weighted by Crippen LogP contribution is -2.33. The van der Waals surface area contributed by atoms with Gasteiger partial charge in [-0.25, -0.2) is 9.66 Å². The monoisotopic (exact) mass is 425 g/mol. The fourth-order valence-electron chi connectivity index (χ4n) is 3.17. The van der Waals surface area contributed by atoms with Crippen molar-refractivity contribution in [2.75, 3.05) is 12.2 Å². The molecular weight excluding hydrogens is 410 g/mol. The lowest BCUT2D eigenvalue weighted by Gasteiger charge is -2.08. The fraction of sp³-hybridized carbons (Fsp3) is 0.150. The third kappa shape index (κ3) is 3.39. The van der Waals surface area contributed by atoms with Crippen LogP contribution >= 0.6 is 22.7 Å². The zero-order valence-electron chi connectivity index (χ0n) is 15.1. The molecule has 0 spiro atoms. The standard InChI is InChI=1S/C20H15N3O4S2/c24-17(6-4-12-3-5-14-15(8-12)27-11-26-14)22-23-10-21-19-18(20(23)25)13(9-29-19)16-2-1-7-28-16/h1-3,5,7-10H,4,6,11H2,(H,22,24). The summed E-state index contributed by atoms with van der Waals surface area (Å²) in [6.07, 6.45) is 2.11. The normalized spacial score (nSPS) is 12.4. The average Bonchev–Trinajstić information content (AvgIpc) is 3.47. The minimum atomic E-state index is -0.281. The van der Waals surface area contributed by atoms with Crippen LogP contribution in [0.2, 0.25) is 0 Å². The molecule has 0 aliphatic carbocycles. The van der Waals surface area contributed by atoms with E-state index in [2.05, 4.69) is 10.4 Å². The maximum absolute atomic E-state index is 12.9. The molecule has 1 aromatic carbocycles. The number of fused-ring (bicyclic) bond motifs is 2. The number of rotatable bonds is 5. The highest BCUT2D eigenvalue weighted by Gasteiger charge is 2.16. The molecule has 4 heterocycles. The second kappa shape index (κ2) is 7.34. The molecule has 9 heteroatoms. The summed E-state index contributed by atoms with van der Waals surface area (Å²) in [7, 11) is 0. The molecule has 0 bridgehead atoms. The summed E-state index contributed by atoms with van der Waals surface area (Å²) >= 11 is 2.98. The van der Waals surface area contributed by atoms with Crippen LogP contribution in [0.15, 0.2) is 52.2 Å². The van der Waals surface area contributed by atoms with E-state index in [0.717, 1.165) is 20.7 Å². The predicted molar refractivity (Wildman–Crippen MR) is 112 cm³/mol. The molecule has 0 saturated carbocycles. The summed E-state index contributed by atoms with van der Waals surface area (Å²) in [5.41, 5.74) is 4.17. The Balaban J connectivity index is 1.33. The van der Waals surface area contributed by atoms with Crippen LogP contribution in [-0.2, 0) is 11.2 Å². The molecule has 0 unspecified atom stereocenters. The van der Waals surface area contributed by atoms with Gasteiger partial charge in [-0.3, -0.25) is 15.0 Å². The van der Waals surface area contributed by atoms with Gasteiger partial charge in [0.1, 0.15) is 11.2 Å².